The van der Waals surface area contributed by atoms with Crippen LogP contribution in [0.1, 0.15) is 84.2 Å². The minimum absolute atomic E-state index is 0.219. The zero-order valence-corrected chi connectivity index (χ0v) is 36.6. The van der Waals surface area contributed by atoms with E-state index in [4.69, 9.17) is 19.4 Å². The van der Waals surface area contributed by atoms with Crippen LogP contribution < -0.4 is 10.6 Å². The van der Waals surface area contributed by atoms with Crippen molar-refractivity contribution in [2.75, 3.05) is 20.8 Å². The van der Waals surface area contributed by atoms with Crippen LogP contribution >= 0.6 is 0 Å². The molecule has 4 amide bonds. The number of nitrogens with one attached hydrogen (secondary N) is 4. The topological polar surface area (TPSA) is 175 Å². The van der Waals surface area contributed by atoms with Gasteiger partial charge in [0.1, 0.15) is 23.7 Å². The summed E-state index contributed by atoms with van der Waals surface area (Å²) in [5.41, 5.74) is 7.96. The van der Waals surface area contributed by atoms with Gasteiger partial charge in [0, 0.05) is 6.54 Å². The molecule has 2 aliphatic rings. The highest BCUT2D eigenvalue weighted by atomic mass is 16.5. The summed E-state index contributed by atoms with van der Waals surface area (Å²) in [7, 11) is 2.56. The number of alkyl carbamates (subject to hydrolysis) is 2. The maximum absolute atomic E-state index is 14.7. The van der Waals surface area contributed by atoms with Gasteiger partial charge in [-0.1, -0.05) is 140 Å². The summed E-state index contributed by atoms with van der Waals surface area (Å²) in [5.74, 6) is 0.892. The van der Waals surface area contributed by atoms with E-state index in [9.17, 15) is 19.2 Å². The largest absolute Gasteiger partial charge is 0.453 e. The van der Waals surface area contributed by atoms with Crippen molar-refractivity contribution >= 4 is 24.0 Å². The number of ether oxygens (including phenoxy) is 2. The Morgan fingerprint density at radius 3 is 1.48 bits per heavy atom. The molecule has 2 fully saturated rings. The first-order chi connectivity index (χ1) is 32.3. The summed E-state index contributed by atoms with van der Waals surface area (Å²) in [6.45, 7) is 0.545. The number of carbonyl (C=O) groups is 4. The molecular weight excluding hydrogens is 833 g/mol. The average Bonchev–Trinajstić information content (AvgIpc) is 4.23. The van der Waals surface area contributed by atoms with Gasteiger partial charge in [0.05, 0.1) is 56.1 Å². The lowest BCUT2D eigenvalue weighted by Gasteiger charge is -2.33. The molecule has 2 aromatic heterocycles. The zero-order chi connectivity index (χ0) is 45.6. The Morgan fingerprint density at radius 2 is 0.985 bits per heavy atom. The van der Waals surface area contributed by atoms with E-state index in [1.807, 2.05) is 108 Å². The minimum Gasteiger partial charge on any atom is -0.453 e. The summed E-state index contributed by atoms with van der Waals surface area (Å²) in [6.07, 6.45) is 5.18. The predicted molar refractivity (Wildman–Crippen MR) is 248 cm³/mol. The fourth-order valence-electron chi connectivity index (χ4n) is 9.23. The molecule has 9 rings (SSSR count). The van der Waals surface area contributed by atoms with E-state index in [-0.39, 0.29) is 29.9 Å². The van der Waals surface area contributed by atoms with Crippen molar-refractivity contribution in [2.45, 2.75) is 55.9 Å². The number of H-pyrrole nitrogens is 2. The monoisotopic (exact) mass is 882 g/mol. The second-order valence-electron chi connectivity index (χ2n) is 16.4. The van der Waals surface area contributed by atoms with E-state index >= 15 is 0 Å². The van der Waals surface area contributed by atoms with Crippen LogP contribution in [0.15, 0.2) is 152 Å². The van der Waals surface area contributed by atoms with Crippen LogP contribution in [0.25, 0.3) is 33.6 Å². The Balaban J connectivity index is 0.898. The highest BCUT2D eigenvalue weighted by Crippen LogP contribution is 2.45. The van der Waals surface area contributed by atoms with Gasteiger partial charge >= 0.3 is 12.2 Å². The van der Waals surface area contributed by atoms with Gasteiger partial charge in [-0.3, -0.25) is 9.59 Å². The number of imidazole rings is 2. The van der Waals surface area contributed by atoms with Gasteiger partial charge < -0.3 is 39.9 Å². The number of nitrogens with zero attached hydrogens (tertiary/aromatic N) is 4. The third-order valence-electron chi connectivity index (χ3n) is 12.6. The number of rotatable bonds is 12. The quantitative estimate of drug-likeness (QED) is 0.0939. The van der Waals surface area contributed by atoms with Crippen molar-refractivity contribution in [2.24, 2.45) is 0 Å². The number of amides is 4. The van der Waals surface area contributed by atoms with Crippen molar-refractivity contribution in [1.29, 1.82) is 0 Å². The average molecular weight is 883 g/mol. The number of hydrogen-bond donors (Lipinski definition) is 4. The lowest BCUT2D eigenvalue weighted by atomic mass is 10.0. The third kappa shape index (κ3) is 9.03. The van der Waals surface area contributed by atoms with Gasteiger partial charge in [-0.15, -0.1) is 0 Å². The molecule has 0 saturated carbocycles. The van der Waals surface area contributed by atoms with Crippen LogP contribution in [-0.4, -0.2) is 74.5 Å². The summed E-state index contributed by atoms with van der Waals surface area (Å²) >= 11 is 0. The molecule has 5 aromatic carbocycles. The molecule has 14 heteroatoms. The number of aromatic amines is 2. The predicted octanol–water partition coefficient (Wildman–Crippen LogP) is 9.40. The summed E-state index contributed by atoms with van der Waals surface area (Å²) in [4.78, 5) is 73.6. The van der Waals surface area contributed by atoms with Gasteiger partial charge in [0.15, 0.2) is 0 Å². The lowest BCUT2D eigenvalue weighted by Crippen LogP contribution is -2.43. The molecule has 14 nitrogen and oxygen atoms in total. The molecule has 2 aliphatic heterocycles. The van der Waals surface area contributed by atoms with Gasteiger partial charge in [-0.05, 0) is 64.6 Å². The van der Waals surface area contributed by atoms with Crippen LogP contribution in [0.2, 0.25) is 0 Å². The molecule has 0 unspecified atom stereocenters. The SMILES string of the molecule is COC(=O)N[C@@H](C(=O)N1CCC[C@@H]1c1ncc(-c2ccc(-c3ccc(-c4cnc([C@@H]5CC[C@H](c6ccccc6)N5C(=O)[C@H](NC(=O)OC)c5ccccc5)[nH]4)cc3)cc2)[nH]1)c1ccccc1. The molecule has 334 valence electrons. The third-order valence-corrected chi connectivity index (χ3v) is 12.6. The molecule has 2 saturated heterocycles. The van der Waals surface area contributed by atoms with E-state index in [1.54, 1.807) is 17.3 Å². The number of likely N-dealkylation sites (tertiary alicyclic amines) is 2. The van der Waals surface area contributed by atoms with Crippen LogP contribution in [0.3, 0.4) is 0 Å². The van der Waals surface area contributed by atoms with Crippen molar-refractivity contribution in [3.8, 4) is 33.6 Å². The maximum Gasteiger partial charge on any atom is 0.407 e. The van der Waals surface area contributed by atoms with E-state index in [1.165, 1.54) is 14.2 Å². The minimum atomic E-state index is -0.962. The normalized spacial score (nSPS) is 17.8. The van der Waals surface area contributed by atoms with Crippen molar-refractivity contribution in [1.82, 2.24) is 40.4 Å². The Labute approximate surface area is 382 Å². The maximum atomic E-state index is 14.7. The summed E-state index contributed by atoms with van der Waals surface area (Å²) in [5, 5.41) is 5.50. The number of methoxy groups -OCH3 is 2. The van der Waals surface area contributed by atoms with E-state index in [0.29, 0.717) is 35.7 Å². The van der Waals surface area contributed by atoms with Crippen molar-refractivity contribution in [3.63, 3.8) is 0 Å². The fourth-order valence-corrected chi connectivity index (χ4v) is 9.23. The number of hydrogen-bond acceptors (Lipinski definition) is 8. The molecule has 66 heavy (non-hydrogen) atoms. The van der Waals surface area contributed by atoms with Crippen LogP contribution in [0.4, 0.5) is 9.59 Å². The number of aromatic nitrogens is 4. The van der Waals surface area contributed by atoms with Gasteiger partial charge in [0.2, 0.25) is 0 Å². The van der Waals surface area contributed by atoms with Crippen molar-refractivity contribution < 1.29 is 28.7 Å². The second-order valence-corrected chi connectivity index (χ2v) is 16.4. The molecule has 4 heterocycles. The van der Waals surface area contributed by atoms with Crippen LogP contribution in [-0.2, 0) is 19.1 Å². The molecule has 0 aliphatic carbocycles. The van der Waals surface area contributed by atoms with Crippen LogP contribution in [0, 0.1) is 0 Å². The molecule has 0 radical (unpaired) electrons. The first-order valence-corrected chi connectivity index (χ1v) is 22.1. The van der Waals surface area contributed by atoms with E-state index < -0.39 is 24.3 Å². The van der Waals surface area contributed by atoms with Gasteiger partial charge in [-0.25, -0.2) is 19.6 Å². The molecule has 5 atom stereocenters. The van der Waals surface area contributed by atoms with Crippen molar-refractivity contribution in [3.05, 3.63) is 180 Å². The Morgan fingerprint density at radius 1 is 0.545 bits per heavy atom. The highest BCUT2D eigenvalue weighted by molar-refractivity contribution is 5.88. The Kier molecular flexibility index (Phi) is 12.7. The first kappa shape index (κ1) is 43.3. The number of benzene rings is 5. The molecule has 0 bridgehead atoms. The molecule has 4 N–H and O–H groups in total. The standard InChI is InChI=1S/C52H50N8O6/c1-65-51(63)57-45(38-15-8-4-9-16-38)49(61)59-30-12-19-43(59)47-53-31-40(55-47)35-24-20-33(21-25-35)34-22-26-36(27-23-34)41-32-54-48(56-41)44-29-28-42(37-13-6-3-7-14-37)60(44)50(62)46(58-52(64)66-2)39-17-10-5-11-18-39/h3-11,13-18,20-27,31-32,42-46H,12,19,28-30H2,1-2H3,(H,53,55)(H,54,56)(H,57,63)(H,58,64)/t42-,43-,44+,45-,46-/m1/s1. The number of carbonyl (C=O) groups excluding carboxylic acids is 4. The Hall–Kier alpha value is -8.00. The van der Waals surface area contributed by atoms with Crippen LogP contribution in [0.5, 0.6) is 0 Å². The smallest absolute Gasteiger partial charge is 0.407 e. The van der Waals surface area contributed by atoms with Gasteiger partial charge in [0.25, 0.3) is 11.8 Å². The zero-order valence-electron chi connectivity index (χ0n) is 36.6. The summed E-state index contributed by atoms with van der Waals surface area (Å²) in [6, 6.07) is 42.1. The second kappa shape index (κ2) is 19.4. The van der Waals surface area contributed by atoms with Gasteiger partial charge in [-0.2, -0.15) is 0 Å². The molecular formula is C52H50N8O6. The fraction of sp³-hybridized carbons (Fsp3) is 0.231. The first-order valence-electron chi connectivity index (χ1n) is 22.1. The molecule has 7 aromatic rings. The Bertz CT molecular complexity index is 2780. The highest BCUT2D eigenvalue weighted by Gasteiger charge is 2.43. The van der Waals surface area contributed by atoms with E-state index in [2.05, 4.69) is 57.0 Å². The molecule has 0 spiro atoms. The summed E-state index contributed by atoms with van der Waals surface area (Å²) < 4.78 is 9.78. The lowest BCUT2D eigenvalue weighted by molar-refractivity contribution is -0.137. The van der Waals surface area contributed by atoms with E-state index in [0.717, 1.165) is 58.5 Å².